The Morgan fingerprint density at radius 2 is 2.11 bits per heavy atom. The van der Waals surface area contributed by atoms with E-state index in [0.29, 0.717) is 19.5 Å². The minimum Gasteiger partial charge on any atom is -0.354 e. The number of hydrogen-bond donors (Lipinski definition) is 1. The van der Waals surface area contributed by atoms with Crippen molar-refractivity contribution in [1.29, 1.82) is 0 Å². The summed E-state index contributed by atoms with van der Waals surface area (Å²) in [7, 11) is 0. The van der Waals surface area contributed by atoms with Gasteiger partial charge in [0.25, 0.3) is 0 Å². The summed E-state index contributed by atoms with van der Waals surface area (Å²) in [5.41, 5.74) is 0. The van der Waals surface area contributed by atoms with Crippen molar-refractivity contribution in [2.24, 2.45) is 0 Å². The number of amides is 2. The maximum Gasteiger partial charge on any atom is 0.239 e. The van der Waals surface area contributed by atoms with E-state index in [1.54, 1.807) is 16.7 Å². The van der Waals surface area contributed by atoms with Crippen LogP contribution in [0.15, 0.2) is 35.2 Å². The quantitative estimate of drug-likeness (QED) is 0.634. The normalized spacial score (nSPS) is 14.7. The number of rotatable bonds is 6. The van der Waals surface area contributed by atoms with Gasteiger partial charge in [-0.3, -0.25) is 9.59 Å². The van der Waals surface area contributed by atoms with Gasteiger partial charge in [0.2, 0.25) is 11.8 Å². The zero-order valence-corrected chi connectivity index (χ0v) is 11.6. The Labute approximate surface area is 117 Å². The van der Waals surface area contributed by atoms with E-state index in [1.807, 2.05) is 18.2 Å². The van der Waals surface area contributed by atoms with Crippen molar-refractivity contribution in [1.82, 2.24) is 10.2 Å². The molecule has 1 aliphatic rings. The van der Waals surface area contributed by atoms with Crippen molar-refractivity contribution in [3.05, 3.63) is 30.3 Å². The maximum atomic E-state index is 11.6. The van der Waals surface area contributed by atoms with Gasteiger partial charge in [-0.2, -0.15) is 0 Å². The lowest BCUT2D eigenvalue weighted by Crippen LogP contribution is -2.38. The summed E-state index contributed by atoms with van der Waals surface area (Å²) in [6.45, 7) is 1.54. The smallest absolute Gasteiger partial charge is 0.239 e. The fourth-order valence-electron chi connectivity index (χ4n) is 1.98. The molecule has 102 valence electrons. The number of likely N-dealkylation sites (tertiary alicyclic amines) is 1. The molecule has 0 spiro atoms. The van der Waals surface area contributed by atoms with Crippen molar-refractivity contribution in [3.8, 4) is 0 Å². The van der Waals surface area contributed by atoms with Crippen LogP contribution in [-0.4, -0.2) is 42.1 Å². The Morgan fingerprint density at radius 3 is 2.79 bits per heavy atom. The minimum atomic E-state index is -0.0658. The maximum absolute atomic E-state index is 11.6. The molecule has 19 heavy (non-hydrogen) atoms. The van der Waals surface area contributed by atoms with E-state index >= 15 is 0 Å². The fraction of sp³-hybridized carbons (Fsp3) is 0.429. The van der Waals surface area contributed by atoms with E-state index in [0.717, 1.165) is 12.2 Å². The second-order valence-electron chi connectivity index (χ2n) is 4.43. The highest BCUT2D eigenvalue weighted by molar-refractivity contribution is 7.99. The third-order valence-electron chi connectivity index (χ3n) is 2.94. The van der Waals surface area contributed by atoms with Crippen molar-refractivity contribution < 1.29 is 9.59 Å². The van der Waals surface area contributed by atoms with Crippen LogP contribution >= 0.6 is 11.8 Å². The molecule has 1 heterocycles. The molecule has 0 aliphatic carbocycles. The van der Waals surface area contributed by atoms with Crippen LogP contribution in [0.25, 0.3) is 0 Å². The lowest BCUT2D eigenvalue weighted by atomic mass is 10.4. The zero-order valence-electron chi connectivity index (χ0n) is 10.8. The first-order chi connectivity index (χ1) is 9.25. The Balaban J connectivity index is 1.60. The average Bonchev–Trinajstić information content (AvgIpc) is 2.82. The van der Waals surface area contributed by atoms with Gasteiger partial charge in [-0.25, -0.2) is 0 Å². The molecule has 0 aromatic heterocycles. The monoisotopic (exact) mass is 278 g/mol. The van der Waals surface area contributed by atoms with Gasteiger partial charge in [-0.05, 0) is 18.6 Å². The summed E-state index contributed by atoms with van der Waals surface area (Å²) in [6, 6.07) is 10.1. The van der Waals surface area contributed by atoms with E-state index < -0.39 is 0 Å². The summed E-state index contributed by atoms with van der Waals surface area (Å²) in [5.74, 6) is 0.863. The highest BCUT2D eigenvalue weighted by atomic mass is 32.2. The molecule has 0 radical (unpaired) electrons. The SMILES string of the molecule is O=C(CN1CCCC1=O)NCCSc1ccccc1. The van der Waals surface area contributed by atoms with Crippen molar-refractivity contribution >= 4 is 23.6 Å². The molecule has 0 bridgehead atoms. The van der Waals surface area contributed by atoms with Gasteiger partial charge in [0.1, 0.15) is 0 Å². The van der Waals surface area contributed by atoms with Crippen LogP contribution in [0.5, 0.6) is 0 Å². The summed E-state index contributed by atoms with van der Waals surface area (Å²) >= 11 is 1.71. The number of carbonyl (C=O) groups excluding carboxylic acids is 2. The minimum absolute atomic E-state index is 0.0658. The average molecular weight is 278 g/mol. The molecule has 1 saturated heterocycles. The van der Waals surface area contributed by atoms with Gasteiger partial charge in [-0.1, -0.05) is 18.2 Å². The third kappa shape index (κ3) is 4.59. The van der Waals surface area contributed by atoms with Crippen molar-refractivity contribution in [2.45, 2.75) is 17.7 Å². The third-order valence-corrected chi connectivity index (χ3v) is 3.96. The van der Waals surface area contributed by atoms with E-state index in [2.05, 4.69) is 17.4 Å². The Hall–Kier alpha value is -1.49. The molecule has 0 saturated carbocycles. The van der Waals surface area contributed by atoms with E-state index in [-0.39, 0.29) is 18.4 Å². The second kappa shape index (κ2) is 7.19. The van der Waals surface area contributed by atoms with E-state index in [9.17, 15) is 9.59 Å². The van der Waals surface area contributed by atoms with Crippen LogP contribution in [0.2, 0.25) is 0 Å². The molecule has 2 rings (SSSR count). The fourth-order valence-corrected chi connectivity index (χ4v) is 2.77. The molecule has 4 nitrogen and oxygen atoms in total. The number of carbonyl (C=O) groups is 2. The molecule has 1 aliphatic heterocycles. The molecule has 5 heteroatoms. The van der Waals surface area contributed by atoms with Gasteiger partial charge in [0, 0.05) is 30.2 Å². The summed E-state index contributed by atoms with van der Waals surface area (Å²) in [5, 5.41) is 2.85. The van der Waals surface area contributed by atoms with Gasteiger partial charge < -0.3 is 10.2 Å². The molecular formula is C14H18N2O2S. The number of nitrogens with zero attached hydrogens (tertiary/aromatic N) is 1. The summed E-state index contributed by atoms with van der Waals surface area (Å²) < 4.78 is 0. The standard InChI is InChI=1S/C14H18N2O2S/c17-13(11-16-9-4-7-14(16)18)15-8-10-19-12-5-2-1-3-6-12/h1-3,5-6H,4,7-11H2,(H,15,17). The van der Waals surface area contributed by atoms with Crippen LogP contribution in [0.3, 0.4) is 0 Å². The Morgan fingerprint density at radius 1 is 1.32 bits per heavy atom. The highest BCUT2D eigenvalue weighted by Gasteiger charge is 2.21. The molecule has 2 amide bonds. The molecule has 1 fully saturated rings. The molecule has 0 unspecified atom stereocenters. The van der Waals surface area contributed by atoms with Crippen LogP contribution < -0.4 is 5.32 Å². The second-order valence-corrected chi connectivity index (χ2v) is 5.60. The first kappa shape index (κ1) is 13.9. The van der Waals surface area contributed by atoms with Crippen LogP contribution in [0, 0.1) is 0 Å². The number of hydrogen-bond acceptors (Lipinski definition) is 3. The van der Waals surface area contributed by atoms with Gasteiger partial charge in [-0.15, -0.1) is 11.8 Å². The molecule has 1 aromatic carbocycles. The first-order valence-electron chi connectivity index (χ1n) is 6.48. The number of benzene rings is 1. The van der Waals surface area contributed by atoms with Crippen LogP contribution in [-0.2, 0) is 9.59 Å². The number of thioether (sulfide) groups is 1. The molecule has 1 N–H and O–H groups in total. The van der Waals surface area contributed by atoms with Gasteiger partial charge in [0.15, 0.2) is 0 Å². The summed E-state index contributed by atoms with van der Waals surface area (Å²) in [6.07, 6.45) is 1.45. The largest absolute Gasteiger partial charge is 0.354 e. The van der Waals surface area contributed by atoms with Crippen molar-refractivity contribution in [2.75, 3.05) is 25.4 Å². The van der Waals surface area contributed by atoms with E-state index in [4.69, 9.17) is 0 Å². The Bertz CT molecular complexity index is 436. The Kier molecular flexibility index (Phi) is 5.27. The van der Waals surface area contributed by atoms with Crippen LogP contribution in [0.1, 0.15) is 12.8 Å². The predicted molar refractivity (Wildman–Crippen MR) is 76.0 cm³/mol. The van der Waals surface area contributed by atoms with Gasteiger partial charge in [0.05, 0.1) is 6.54 Å². The first-order valence-corrected chi connectivity index (χ1v) is 7.46. The molecular weight excluding hydrogens is 260 g/mol. The van der Waals surface area contributed by atoms with E-state index in [1.165, 1.54) is 4.90 Å². The predicted octanol–water partition coefficient (Wildman–Crippen LogP) is 1.52. The van der Waals surface area contributed by atoms with Crippen molar-refractivity contribution in [3.63, 3.8) is 0 Å². The van der Waals surface area contributed by atoms with Crippen LogP contribution in [0.4, 0.5) is 0 Å². The lowest BCUT2D eigenvalue weighted by Gasteiger charge is -2.14. The molecule has 1 aromatic rings. The lowest BCUT2D eigenvalue weighted by molar-refractivity contribution is -0.133. The van der Waals surface area contributed by atoms with Gasteiger partial charge >= 0.3 is 0 Å². The zero-order chi connectivity index (χ0) is 13.5. The summed E-state index contributed by atoms with van der Waals surface area (Å²) in [4.78, 5) is 25.8. The highest BCUT2D eigenvalue weighted by Crippen LogP contribution is 2.15. The molecule has 0 atom stereocenters. The topological polar surface area (TPSA) is 49.4 Å². The number of nitrogens with one attached hydrogen (secondary N) is 1.